The smallest absolute Gasteiger partial charge is 0.257 e. The van der Waals surface area contributed by atoms with Crippen molar-refractivity contribution in [3.63, 3.8) is 0 Å². The van der Waals surface area contributed by atoms with Crippen molar-refractivity contribution in [2.45, 2.75) is 6.92 Å². The van der Waals surface area contributed by atoms with E-state index in [0.29, 0.717) is 17.0 Å². The van der Waals surface area contributed by atoms with Gasteiger partial charge in [-0.05, 0) is 43.4 Å². The first kappa shape index (κ1) is 15.0. The van der Waals surface area contributed by atoms with Crippen LogP contribution in [0.4, 0.5) is 5.69 Å². The standard InChI is InChI=1S/C16H16N2O2S/c1-11-6-5-7-12(10-11)15(19)18-16(21)17-13-8-3-4-9-14(13)20-2/h3-10H,1-2H3,(H2,17,18,19,21). The number of hydrogen-bond acceptors (Lipinski definition) is 3. The van der Waals surface area contributed by atoms with E-state index in [1.807, 2.05) is 43.3 Å². The molecule has 1 amide bonds. The summed E-state index contributed by atoms with van der Waals surface area (Å²) in [7, 11) is 1.58. The molecule has 4 nitrogen and oxygen atoms in total. The number of thiocarbonyl (C=S) groups is 1. The summed E-state index contributed by atoms with van der Waals surface area (Å²) < 4.78 is 5.22. The molecule has 2 aromatic carbocycles. The second-order valence-electron chi connectivity index (χ2n) is 4.48. The zero-order valence-corrected chi connectivity index (χ0v) is 12.7. The van der Waals surface area contributed by atoms with Crippen LogP contribution in [0.25, 0.3) is 0 Å². The van der Waals surface area contributed by atoms with E-state index in [0.717, 1.165) is 5.56 Å². The molecule has 0 aliphatic heterocycles. The molecular formula is C16H16N2O2S. The number of amides is 1. The highest BCUT2D eigenvalue weighted by atomic mass is 32.1. The molecule has 21 heavy (non-hydrogen) atoms. The third kappa shape index (κ3) is 4.03. The van der Waals surface area contributed by atoms with Crippen LogP contribution >= 0.6 is 12.2 Å². The van der Waals surface area contributed by atoms with E-state index < -0.39 is 0 Å². The van der Waals surface area contributed by atoms with E-state index in [1.54, 1.807) is 19.2 Å². The predicted molar refractivity (Wildman–Crippen MR) is 87.9 cm³/mol. The average molecular weight is 300 g/mol. The van der Waals surface area contributed by atoms with Gasteiger partial charge in [0.15, 0.2) is 5.11 Å². The topological polar surface area (TPSA) is 50.4 Å². The molecule has 0 saturated heterocycles. The summed E-state index contributed by atoms with van der Waals surface area (Å²) in [4.78, 5) is 12.1. The molecule has 2 rings (SSSR count). The van der Waals surface area contributed by atoms with Gasteiger partial charge in [-0.15, -0.1) is 0 Å². The van der Waals surface area contributed by atoms with Crippen molar-refractivity contribution in [3.05, 3.63) is 59.7 Å². The maximum absolute atomic E-state index is 12.1. The average Bonchev–Trinajstić information content (AvgIpc) is 2.47. The molecule has 2 aromatic rings. The number of para-hydroxylation sites is 2. The Kier molecular flexibility index (Phi) is 4.90. The predicted octanol–water partition coefficient (Wildman–Crippen LogP) is 3.13. The van der Waals surface area contributed by atoms with Crippen molar-refractivity contribution in [2.75, 3.05) is 12.4 Å². The molecular weight excluding hydrogens is 284 g/mol. The normalized spacial score (nSPS) is 9.81. The molecule has 0 atom stereocenters. The molecule has 0 unspecified atom stereocenters. The lowest BCUT2D eigenvalue weighted by Crippen LogP contribution is -2.34. The van der Waals surface area contributed by atoms with E-state index >= 15 is 0 Å². The van der Waals surface area contributed by atoms with Gasteiger partial charge < -0.3 is 10.1 Å². The van der Waals surface area contributed by atoms with Crippen LogP contribution in [-0.4, -0.2) is 18.1 Å². The van der Waals surface area contributed by atoms with Crippen LogP contribution in [0.3, 0.4) is 0 Å². The van der Waals surface area contributed by atoms with Gasteiger partial charge in [0.2, 0.25) is 0 Å². The molecule has 0 aliphatic carbocycles. The molecule has 108 valence electrons. The Bertz CT molecular complexity index is 671. The minimum Gasteiger partial charge on any atom is -0.495 e. The van der Waals surface area contributed by atoms with Gasteiger partial charge in [-0.25, -0.2) is 0 Å². The fraction of sp³-hybridized carbons (Fsp3) is 0.125. The SMILES string of the molecule is COc1ccccc1NC(=S)NC(=O)c1cccc(C)c1. The summed E-state index contributed by atoms with van der Waals surface area (Å²) in [5.41, 5.74) is 2.29. The highest BCUT2D eigenvalue weighted by Crippen LogP contribution is 2.22. The highest BCUT2D eigenvalue weighted by molar-refractivity contribution is 7.80. The van der Waals surface area contributed by atoms with Crippen LogP contribution in [0, 0.1) is 6.92 Å². The summed E-state index contributed by atoms with van der Waals surface area (Å²) in [6, 6.07) is 14.7. The Labute approximate surface area is 129 Å². The lowest BCUT2D eigenvalue weighted by Gasteiger charge is -2.12. The Hall–Kier alpha value is -2.40. The number of nitrogens with one attached hydrogen (secondary N) is 2. The summed E-state index contributed by atoms with van der Waals surface area (Å²) in [5.74, 6) is 0.413. The third-order valence-corrected chi connectivity index (χ3v) is 3.07. The Morgan fingerprint density at radius 2 is 1.90 bits per heavy atom. The number of aryl methyl sites for hydroxylation is 1. The second-order valence-corrected chi connectivity index (χ2v) is 4.89. The molecule has 0 bridgehead atoms. The van der Waals surface area contributed by atoms with Crippen LogP contribution in [0.15, 0.2) is 48.5 Å². The van der Waals surface area contributed by atoms with Crippen LogP contribution < -0.4 is 15.4 Å². The minimum atomic E-state index is -0.244. The molecule has 0 saturated carbocycles. The van der Waals surface area contributed by atoms with Crippen LogP contribution in [0.5, 0.6) is 5.75 Å². The van der Waals surface area contributed by atoms with Gasteiger partial charge in [0.1, 0.15) is 5.75 Å². The molecule has 5 heteroatoms. The Morgan fingerprint density at radius 1 is 1.14 bits per heavy atom. The minimum absolute atomic E-state index is 0.228. The molecule has 0 aliphatic rings. The third-order valence-electron chi connectivity index (χ3n) is 2.86. The summed E-state index contributed by atoms with van der Waals surface area (Å²) in [6.07, 6.45) is 0. The van der Waals surface area contributed by atoms with Crippen LogP contribution in [-0.2, 0) is 0 Å². The first-order valence-corrected chi connectivity index (χ1v) is 6.83. The van der Waals surface area contributed by atoms with Crippen molar-refractivity contribution >= 4 is 28.9 Å². The number of carbonyl (C=O) groups excluding carboxylic acids is 1. The van der Waals surface area contributed by atoms with E-state index in [1.165, 1.54) is 0 Å². The van der Waals surface area contributed by atoms with Gasteiger partial charge in [-0.2, -0.15) is 0 Å². The van der Waals surface area contributed by atoms with Gasteiger partial charge >= 0.3 is 0 Å². The number of hydrogen-bond donors (Lipinski definition) is 2. The summed E-state index contributed by atoms with van der Waals surface area (Å²) in [6.45, 7) is 1.93. The van der Waals surface area contributed by atoms with Crippen LogP contribution in [0.1, 0.15) is 15.9 Å². The quantitative estimate of drug-likeness (QED) is 0.855. The molecule has 0 spiro atoms. The lowest BCUT2D eigenvalue weighted by atomic mass is 10.1. The molecule has 0 fully saturated rings. The first-order valence-electron chi connectivity index (χ1n) is 6.42. The fourth-order valence-electron chi connectivity index (χ4n) is 1.86. The number of ether oxygens (including phenoxy) is 1. The molecule has 2 N–H and O–H groups in total. The number of rotatable bonds is 3. The van der Waals surface area contributed by atoms with E-state index in [4.69, 9.17) is 17.0 Å². The van der Waals surface area contributed by atoms with Crippen molar-refractivity contribution in [3.8, 4) is 5.75 Å². The molecule has 0 heterocycles. The van der Waals surface area contributed by atoms with Gasteiger partial charge in [-0.3, -0.25) is 10.1 Å². The van der Waals surface area contributed by atoms with Crippen molar-refractivity contribution < 1.29 is 9.53 Å². The molecule has 0 radical (unpaired) electrons. The zero-order chi connectivity index (χ0) is 15.2. The maximum Gasteiger partial charge on any atom is 0.257 e. The Balaban J connectivity index is 2.03. The number of anilines is 1. The van der Waals surface area contributed by atoms with Crippen LogP contribution in [0.2, 0.25) is 0 Å². The summed E-state index contributed by atoms with van der Waals surface area (Å²) >= 11 is 5.15. The fourth-order valence-corrected chi connectivity index (χ4v) is 2.07. The number of benzene rings is 2. The largest absolute Gasteiger partial charge is 0.495 e. The van der Waals surface area contributed by atoms with Crippen molar-refractivity contribution in [1.29, 1.82) is 0 Å². The van der Waals surface area contributed by atoms with E-state index in [2.05, 4.69) is 10.6 Å². The number of methoxy groups -OCH3 is 1. The van der Waals surface area contributed by atoms with Gasteiger partial charge in [0, 0.05) is 5.56 Å². The number of carbonyl (C=O) groups is 1. The van der Waals surface area contributed by atoms with Gasteiger partial charge in [0.25, 0.3) is 5.91 Å². The monoisotopic (exact) mass is 300 g/mol. The maximum atomic E-state index is 12.1. The lowest BCUT2D eigenvalue weighted by molar-refractivity contribution is 0.0977. The summed E-state index contributed by atoms with van der Waals surface area (Å²) in [5, 5.41) is 5.83. The highest BCUT2D eigenvalue weighted by Gasteiger charge is 2.09. The van der Waals surface area contributed by atoms with E-state index in [9.17, 15) is 4.79 Å². The molecule has 0 aromatic heterocycles. The zero-order valence-electron chi connectivity index (χ0n) is 11.8. The van der Waals surface area contributed by atoms with Crippen molar-refractivity contribution in [1.82, 2.24) is 5.32 Å². The van der Waals surface area contributed by atoms with Gasteiger partial charge in [-0.1, -0.05) is 29.8 Å². The second kappa shape index (κ2) is 6.85. The van der Waals surface area contributed by atoms with Gasteiger partial charge in [0.05, 0.1) is 12.8 Å². The van der Waals surface area contributed by atoms with E-state index in [-0.39, 0.29) is 11.0 Å². The first-order chi connectivity index (χ1) is 10.1. The van der Waals surface area contributed by atoms with Crippen molar-refractivity contribution in [2.24, 2.45) is 0 Å². The Morgan fingerprint density at radius 3 is 2.62 bits per heavy atom.